The Balaban J connectivity index is 1.86. The summed E-state index contributed by atoms with van der Waals surface area (Å²) in [7, 11) is 0. The van der Waals surface area contributed by atoms with Crippen LogP contribution in [0, 0.1) is 5.92 Å². The van der Waals surface area contributed by atoms with Gasteiger partial charge in [0, 0.05) is 18.2 Å². The maximum atomic E-state index is 11.8. The SMILES string of the molecule is CC1=C(C(=O)OCC2CCOC2)CNC(=S)N1. The first-order chi connectivity index (χ1) is 8.16. The van der Waals surface area contributed by atoms with Crippen LogP contribution in [0.15, 0.2) is 11.3 Å². The number of nitrogens with one attached hydrogen (secondary N) is 2. The molecule has 2 N–H and O–H groups in total. The van der Waals surface area contributed by atoms with Crippen LogP contribution in [0.4, 0.5) is 0 Å². The zero-order chi connectivity index (χ0) is 12.3. The Morgan fingerprint density at radius 3 is 3.12 bits per heavy atom. The number of esters is 1. The molecule has 1 unspecified atom stereocenters. The first kappa shape index (κ1) is 12.3. The summed E-state index contributed by atoms with van der Waals surface area (Å²) in [4.78, 5) is 11.8. The highest BCUT2D eigenvalue weighted by molar-refractivity contribution is 7.80. The standard InChI is InChI=1S/C11H16N2O3S/c1-7-9(4-12-11(17)13-7)10(14)16-6-8-2-3-15-5-8/h8H,2-6H2,1H3,(H2,12,13,17). The zero-order valence-corrected chi connectivity index (χ0v) is 10.6. The van der Waals surface area contributed by atoms with Crippen LogP contribution in [0.2, 0.25) is 0 Å². The van der Waals surface area contributed by atoms with Crippen molar-refractivity contribution in [3.05, 3.63) is 11.3 Å². The highest BCUT2D eigenvalue weighted by Gasteiger charge is 2.22. The fraction of sp³-hybridized carbons (Fsp3) is 0.636. The van der Waals surface area contributed by atoms with E-state index in [1.54, 1.807) is 0 Å². The Kier molecular flexibility index (Phi) is 3.96. The second kappa shape index (κ2) is 5.46. The second-order valence-corrected chi connectivity index (χ2v) is 4.65. The number of ether oxygens (including phenoxy) is 2. The van der Waals surface area contributed by atoms with E-state index in [0.717, 1.165) is 18.7 Å². The average Bonchev–Trinajstić information content (AvgIpc) is 2.78. The third-order valence-corrected chi connectivity index (χ3v) is 3.15. The summed E-state index contributed by atoms with van der Waals surface area (Å²) in [5, 5.41) is 6.37. The Morgan fingerprint density at radius 1 is 1.65 bits per heavy atom. The van der Waals surface area contributed by atoms with Gasteiger partial charge in [-0.15, -0.1) is 0 Å². The van der Waals surface area contributed by atoms with Crippen LogP contribution in [0.1, 0.15) is 13.3 Å². The summed E-state index contributed by atoms with van der Waals surface area (Å²) in [6.45, 7) is 4.13. The fourth-order valence-electron chi connectivity index (χ4n) is 1.81. The van der Waals surface area contributed by atoms with Crippen molar-refractivity contribution >= 4 is 23.3 Å². The lowest BCUT2D eigenvalue weighted by molar-refractivity contribution is -0.140. The van der Waals surface area contributed by atoms with Gasteiger partial charge < -0.3 is 20.1 Å². The van der Waals surface area contributed by atoms with Gasteiger partial charge in [-0.1, -0.05) is 0 Å². The number of hydrogen-bond donors (Lipinski definition) is 2. The van der Waals surface area contributed by atoms with E-state index in [4.69, 9.17) is 21.7 Å². The van der Waals surface area contributed by atoms with Gasteiger partial charge in [0.15, 0.2) is 5.11 Å². The van der Waals surface area contributed by atoms with Crippen molar-refractivity contribution < 1.29 is 14.3 Å². The predicted octanol–water partition coefficient (Wildman–Crippen LogP) is 0.318. The smallest absolute Gasteiger partial charge is 0.337 e. The number of allylic oxidation sites excluding steroid dienone is 1. The van der Waals surface area contributed by atoms with Gasteiger partial charge in [-0.3, -0.25) is 0 Å². The topological polar surface area (TPSA) is 59.6 Å². The monoisotopic (exact) mass is 256 g/mol. The number of thiocarbonyl (C=S) groups is 1. The van der Waals surface area contributed by atoms with Gasteiger partial charge >= 0.3 is 5.97 Å². The Hall–Kier alpha value is -1.14. The van der Waals surface area contributed by atoms with E-state index in [0.29, 0.717) is 36.4 Å². The Labute approximate surface area is 106 Å². The molecule has 2 rings (SSSR count). The lowest BCUT2D eigenvalue weighted by Gasteiger charge is -2.21. The fourth-order valence-corrected chi connectivity index (χ4v) is 2.04. The van der Waals surface area contributed by atoms with Crippen molar-refractivity contribution in [3.63, 3.8) is 0 Å². The zero-order valence-electron chi connectivity index (χ0n) is 9.75. The Bertz CT molecular complexity index is 362. The lowest BCUT2D eigenvalue weighted by Crippen LogP contribution is -2.43. The van der Waals surface area contributed by atoms with Gasteiger partial charge in [-0.25, -0.2) is 4.79 Å². The Morgan fingerprint density at radius 2 is 2.47 bits per heavy atom. The molecule has 17 heavy (non-hydrogen) atoms. The van der Waals surface area contributed by atoms with Crippen LogP contribution < -0.4 is 10.6 Å². The summed E-state index contributed by atoms with van der Waals surface area (Å²) in [6.07, 6.45) is 0.964. The molecule has 0 aliphatic carbocycles. The van der Waals surface area contributed by atoms with Gasteiger partial charge in [-0.05, 0) is 25.6 Å². The third-order valence-electron chi connectivity index (χ3n) is 2.90. The molecule has 0 bridgehead atoms. The molecule has 5 nitrogen and oxygen atoms in total. The number of hydrogen-bond acceptors (Lipinski definition) is 4. The maximum absolute atomic E-state index is 11.8. The summed E-state index contributed by atoms with van der Waals surface area (Å²) in [6, 6.07) is 0. The highest BCUT2D eigenvalue weighted by atomic mass is 32.1. The first-order valence-electron chi connectivity index (χ1n) is 5.66. The molecule has 0 saturated carbocycles. The van der Waals surface area contributed by atoms with Gasteiger partial charge in [-0.2, -0.15) is 0 Å². The lowest BCUT2D eigenvalue weighted by atomic mass is 10.1. The molecule has 0 aromatic heterocycles. The van der Waals surface area contributed by atoms with Gasteiger partial charge in [0.1, 0.15) is 0 Å². The maximum Gasteiger partial charge on any atom is 0.337 e. The predicted molar refractivity (Wildman–Crippen MR) is 66.3 cm³/mol. The molecule has 94 valence electrons. The van der Waals surface area contributed by atoms with Crippen molar-refractivity contribution in [3.8, 4) is 0 Å². The molecule has 0 aromatic rings. The van der Waals surface area contributed by atoms with Crippen LogP contribution in [-0.2, 0) is 14.3 Å². The number of rotatable bonds is 3. The van der Waals surface area contributed by atoms with Crippen molar-refractivity contribution in [2.75, 3.05) is 26.4 Å². The molecule has 0 spiro atoms. The molecule has 0 aromatic carbocycles. The van der Waals surface area contributed by atoms with Crippen LogP contribution in [0.3, 0.4) is 0 Å². The van der Waals surface area contributed by atoms with Crippen LogP contribution in [0.5, 0.6) is 0 Å². The normalized spacial score (nSPS) is 24.3. The van der Waals surface area contributed by atoms with Crippen molar-refractivity contribution in [2.45, 2.75) is 13.3 Å². The summed E-state index contributed by atoms with van der Waals surface area (Å²) in [5.41, 5.74) is 1.37. The van der Waals surface area contributed by atoms with Crippen molar-refractivity contribution in [1.82, 2.24) is 10.6 Å². The average molecular weight is 256 g/mol. The molecule has 1 fully saturated rings. The van der Waals surface area contributed by atoms with E-state index in [9.17, 15) is 4.79 Å². The van der Waals surface area contributed by atoms with Crippen LogP contribution in [-0.4, -0.2) is 37.4 Å². The number of carbonyl (C=O) groups is 1. The van der Waals surface area contributed by atoms with E-state index in [1.165, 1.54) is 0 Å². The van der Waals surface area contributed by atoms with Crippen LogP contribution >= 0.6 is 12.2 Å². The largest absolute Gasteiger partial charge is 0.462 e. The molecular formula is C11H16N2O3S. The number of carbonyl (C=O) groups excluding carboxylic acids is 1. The second-order valence-electron chi connectivity index (χ2n) is 4.24. The highest BCUT2D eigenvalue weighted by Crippen LogP contribution is 2.14. The third kappa shape index (κ3) is 3.17. The minimum absolute atomic E-state index is 0.281. The molecule has 2 aliphatic rings. The van der Waals surface area contributed by atoms with E-state index < -0.39 is 0 Å². The van der Waals surface area contributed by atoms with Crippen molar-refractivity contribution in [2.24, 2.45) is 5.92 Å². The van der Waals surface area contributed by atoms with E-state index in [-0.39, 0.29) is 5.97 Å². The minimum Gasteiger partial charge on any atom is -0.462 e. The van der Waals surface area contributed by atoms with Gasteiger partial charge in [0.25, 0.3) is 0 Å². The molecule has 0 amide bonds. The summed E-state index contributed by atoms with van der Waals surface area (Å²) < 4.78 is 10.5. The summed E-state index contributed by atoms with van der Waals surface area (Å²) >= 11 is 4.95. The molecule has 6 heteroatoms. The first-order valence-corrected chi connectivity index (χ1v) is 6.07. The molecular weight excluding hydrogens is 240 g/mol. The molecule has 1 saturated heterocycles. The van der Waals surface area contributed by atoms with E-state index >= 15 is 0 Å². The van der Waals surface area contributed by atoms with Crippen molar-refractivity contribution in [1.29, 1.82) is 0 Å². The molecule has 0 radical (unpaired) electrons. The molecule has 1 atom stereocenters. The summed E-state index contributed by atoms with van der Waals surface area (Å²) in [5.74, 6) is 0.0577. The minimum atomic E-state index is -0.281. The van der Waals surface area contributed by atoms with Gasteiger partial charge in [0.05, 0.1) is 25.3 Å². The van der Waals surface area contributed by atoms with E-state index in [2.05, 4.69) is 10.6 Å². The van der Waals surface area contributed by atoms with Gasteiger partial charge in [0.2, 0.25) is 0 Å². The van der Waals surface area contributed by atoms with Crippen LogP contribution in [0.25, 0.3) is 0 Å². The molecule has 2 aliphatic heterocycles. The quantitative estimate of drug-likeness (QED) is 0.560. The van der Waals surface area contributed by atoms with E-state index in [1.807, 2.05) is 6.92 Å². The molecule has 2 heterocycles.